The normalized spacial score (nSPS) is 10.5. The Morgan fingerprint density at radius 1 is 0.593 bits per heavy atom. The number of ether oxygens (including phenoxy) is 2. The summed E-state index contributed by atoms with van der Waals surface area (Å²) in [6.45, 7) is 0. The second-order valence-electron chi connectivity index (χ2n) is 5.65. The van der Waals surface area contributed by atoms with Crippen molar-refractivity contribution in [1.29, 1.82) is 0 Å². The lowest BCUT2D eigenvalue weighted by atomic mass is 10.2. The molecule has 0 amide bonds. The van der Waals surface area contributed by atoms with Crippen LogP contribution in [-0.2, 0) is 20.4 Å². The first-order valence-corrected chi connectivity index (χ1v) is 9.52. The lowest BCUT2D eigenvalue weighted by Crippen LogP contribution is -2.07. The quantitative estimate of drug-likeness (QED) is 0.488. The van der Waals surface area contributed by atoms with Crippen molar-refractivity contribution in [3.63, 3.8) is 0 Å². The molecular weight excluding hydrogens is 360 g/mol. The highest BCUT2D eigenvalue weighted by Crippen LogP contribution is 2.31. The maximum atomic E-state index is 11.7. The minimum Gasteiger partial charge on any atom is -0.465 e. The van der Waals surface area contributed by atoms with E-state index >= 15 is 0 Å². The summed E-state index contributed by atoms with van der Waals surface area (Å²) in [7, 11) is 2.37. The van der Waals surface area contributed by atoms with Gasteiger partial charge in [-0.2, -0.15) is 0 Å². The lowest BCUT2D eigenvalue weighted by molar-refractivity contribution is 0.0592. The fourth-order valence-corrected chi connectivity index (χ4v) is 4.72. The number of carbonyl (C=O) groups is 2. The monoisotopic (exact) mass is 379 g/mol. The van der Waals surface area contributed by atoms with E-state index in [1.807, 2.05) is 42.5 Å². The fraction of sp³-hybridized carbons (Fsp3) is 0.0909. The second kappa shape index (κ2) is 8.56. The summed E-state index contributed by atoms with van der Waals surface area (Å²) < 4.78 is 9.54. The van der Waals surface area contributed by atoms with E-state index in [2.05, 4.69) is 12.1 Å². The largest absolute Gasteiger partial charge is 0.465 e. The van der Waals surface area contributed by atoms with Crippen LogP contribution in [0.3, 0.4) is 0 Å². The first-order valence-electron chi connectivity index (χ1n) is 8.30. The molecule has 0 N–H and O–H groups in total. The van der Waals surface area contributed by atoms with Gasteiger partial charge in [0.1, 0.15) is 0 Å². The summed E-state index contributed by atoms with van der Waals surface area (Å²) in [6.07, 6.45) is 0. The molecule has 5 heteroatoms. The Morgan fingerprint density at radius 3 is 1.33 bits per heavy atom. The van der Waals surface area contributed by atoms with Crippen molar-refractivity contribution in [3.05, 3.63) is 90.0 Å². The summed E-state index contributed by atoms with van der Waals surface area (Å²) in [6, 6.07) is 25.0. The zero-order chi connectivity index (χ0) is 19.2. The Kier molecular flexibility index (Phi) is 5.94. The zero-order valence-corrected chi connectivity index (χ0v) is 15.9. The highest BCUT2D eigenvalue weighted by Gasteiger charge is 2.29. The van der Waals surface area contributed by atoms with Gasteiger partial charge in [-0.15, -0.1) is 0 Å². The lowest BCUT2D eigenvalue weighted by Gasteiger charge is -2.09. The van der Waals surface area contributed by atoms with Crippen LogP contribution in [0.15, 0.2) is 93.5 Å². The van der Waals surface area contributed by atoms with Crippen molar-refractivity contribution in [3.8, 4) is 0 Å². The molecule has 27 heavy (non-hydrogen) atoms. The van der Waals surface area contributed by atoms with Crippen LogP contribution in [-0.4, -0.2) is 26.2 Å². The molecule has 3 aromatic carbocycles. The van der Waals surface area contributed by atoms with Crippen molar-refractivity contribution in [2.24, 2.45) is 0 Å². The number of hydrogen-bond acceptors (Lipinski definition) is 4. The molecule has 0 aromatic heterocycles. The molecule has 3 rings (SSSR count). The third-order valence-corrected chi connectivity index (χ3v) is 6.23. The highest BCUT2D eigenvalue weighted by molar-refractivity contribution is 7.97. The first-order chi connectivity index (χ1) is 13.1. The molecule has 0 bridgehead atoms. The molecule has 0 aliphatic rings. The van der Waals surface area contributed by atoms with Crippen LogP contribution in [0.1, 0.15) is 20.7 Å². The summed E-state index contributed by atoms with van der Waals surface area (Å²) in [5.41, 5.74) is 1.03. The third-order valence-electron chi connectivity index (χ3n) is 4.00. The van der Waals surface area contributed by atoms with Crippen molar-refractivity contribution in [1.82, 2.24) is 0 Å². The van der Waals surface area contributed by atoms with Crippen LogP contribution in [0.5, 0.6) is 0 Å². The summed E-state index contributed by atoms with van der Waals surface area (Å²) >= 11 is 0. The van der Waals surface area contributed by atoms with E-state index < -0.39 is 0 Å². The molecule has 0 heterocycles. The molecular formula is C22H19O4S+. The van der Waals surface area contributed by atoms with Crippen LogP contribution in [0.4, 0.5) is 0 Å². The van der Waals surface area contributed by atoms with Gasteiger partial charge in [-0.3, -0.25) is 0 Å². The molecule has 0 unspecified atom stereocenters. The second-order valence-corrected chi connectivity index (χ2v) is 7.68. The number of esters is 2. The zero-order valence-electron chi connectivity index (χ0n) is 15.0. The molecule has 0 aliphatic heterocycles. The van der Waals surface area contributed by atoms with E-state index in [9.17, 15) is 9.59 Å². The van der Waals surface area contributed by atoms with Gasteiger partial charge in [-0.05, 0) is 60.7 Å². The third kappa shape index (κ3) is 4.20. The van der Waals surface area contributed by atoms with Gasteiger partial charge in [0.25, 0.3) is 0 Å². The van der Waals surface area contributed by atoms with Crippen LogP contribution in [0.25, 0.3) is 0 Å². The number of methoxy groups -OCH3 is 2. The molecule has 4 nitrogen and oxygen atoms in total. The Hall–Kier alpha value is -3.05. The van der Waals surface area contributed by atoms with Crippen LogP contribution < -0.4 is 0 Å². The van der Waals surface area contributed by atoms with Gasteiger partial charge in [-0.25, -0.2) is 9.59 Å². The van der Waals surface area contributed by atoms with Gasteiger partial charge in [0.05, 0.1) is 36.2 Å². The van der Waals surface area contributed by atoms with Crippen LogP contribution >= 0.6 is 0 Å². The van der Waals surface area contributed by atoms with E-state index in [4.69, 9.17) is 9.47 Å². The van der Waals surface area contributed by atoms with E-state index in [1.165, 1.54) is 14.2 Å². The maximum absolute atomic E-state index is 11.7. The SMILES string of the molecule is COC(=O)c1ccc([S+](c2ccccc2)c2ccc(C(=O)OC)cc2)cc1. The van der Waals surface area contributed by atoms with E-state index in [0.717, 1.165) is 14.7 Å². The number of hydrogen-bond donors (Lipinski definition) is 0. The average molecular weight is 379 g/mol. The standard InChI is InChI=1S/C22H19O4S/c1-25-21(23)16-8-12-19(13-9-16)27(18-6-4-3-5-7-18)20-14-10-17(11-15-20)22(24)26-2/h3-15H,1-2H3/q+1. The summed E-state index contributed by atoms with van der Waals surface area (Å²) in [5.74, 6) is -0.716. The Morgan fingerprint density at radius 2 is 0.963 bits per heavy atom. The molecule has 0 spiro atoms. The highest BCUT2D eigenvalue weighted by atomic mass is 32.2. The van der Waals surface area contributed by atoms with Gasteiger partial charge in [0.15, 0.2) is 14.7 Å². The molecule has 0 radical (unpaired) electrons. The molecule has 0 saturated heterocycles. The van der Waals surface area contributed by atoms with Gasteiger partial charge < -0.3 is 9.47 Å². The minimum atomic E-state index is -0.366. The van der Waals surface area contributed by atoms with Crippen molar-refractivity contribution < 1.29 is 19.1 Å². The fourth-order valence-electron chi connectivity index (χ4n) is 2.65. The summed E-state index contributed by atoms with van der Waals surface area (Å²) in [5, 5.41) is 0. The van der Waals surface area contributed by atoms with Crippen molar-refractivity contribution in [2.45, 2.75) is 14.7 Å². The predicted octanol–water partition coefficient (Wildman–Crippen LogP) is 4.36. The first kappa shape index (κ1) is 18.7. The van der Waals surface area contributed by atoms with Crippen LogP contribution in [0, 0.1) is 0 Å². The van der Waals surface area contributed by atoms with Gasteiger partial charge in [0.2, 0.25) is 0 Å². The molecule has 3 aromatic rings. The number of carbonyl (C=O) groups excluding carboxylic acids is 2. The topological polar surface area (TPSA) is 52.6 Å². The smallest absolute Gasteiger partial charge is 0.337 e. The minimum absolute atomic E-state index is 0.358. The molecule has 136 valence electrons. The van der Waals surface area contributed by atoms with Crippen molar-refractivity contribution >= 4 is 22.8 Å². The van der Waals surface area contributed by atoms with Crippen LogP contribution in [0.2, 0.25) is 0 Å². The van der Waals surface area contributed by atoms with Gasteiger partial charge >= 0.3 is 11.9 Å². The van der Waals surface area contributed by atoms with E-state index in [1.54, 1.807) is 24.3 Å². The number of rotatable bonds is 5. The van der Waals surface area contributed by atoms with Crippen molar-refractivity contribution in [2.75, 3.05) is 14.2 Å². The predicted molar refractivity (Wildman–Crippen MR) is 104 cm³/mol. The Labute approximate surface area is 161 Å². The Balaban J connectivity index is 2.02. The van der Waals surface area contributed by atoms with Gasteiger partial charge in [-0.1, -0.05) is 18.2 Å². The molecule has 0 fully saturated rings. The number of benzene rings is 3. The molecule has 0 atom stereocenters. The van der Waals surface area contributed by atoms with Gasteiger partial charge in [0, 0.05) is 0 Å². The maximum Gasteiger partial charge on any atom is 0.337 e. The Bertz CT molecular complexity index is 859. The van der Waals surface area contributed by atoms with E-state index in [0.29, 0.717) is 11.1 Å². The summed E-state index contributed by atoms with van der Waals surface area (Å²) in [4.78, 5) is 26.7. The van der Waals surface area contributed by atoms with E-state index in [-0.39, 0.29) is 22.8 Å². The average Bonchev–Trinajstić information content (AvgIpc) is 2.74. The molecule has 0 saturated carbocycles. The molecule has 0 aliphatic carbocycles.